The number of aryl methyl sites for hydroxylation is 1. The fourth-order valence-corrected chi connectivity index (χ4v) is 4.49. The molecule has 1 aliphatic heterocycles. The van der Waals surface area contributed by atoms with Crippen LogP contribution in [0.25, 0.3) is 11.1 Å². The van der Waals surface area contributed by atoms with Crippen LogP contribution >= 0.6 is 0 Å². The molecule has 0 N–H and O–H groups in total. The molecular weight excluding hydrogens is 334 g/mol. The third-order valence-corrected chi connectivity index (χ3v) is 6.20. The maximum atomic E-state index is 12.9. The van der Waals surface area contributed by atoms with Crippen molar-refractivity contribution in [3.63, 3.8) is 0 Å². The minimum absolute atomic E-state index is 0.0238. The van der Waals surface area contributed by atoms with Gasteiger partial charge >= 0.3 is 5.76 Å². The van der Waals surface area contributed by atoms with Gasteiger partial charge in [0, 0.05) is 26.3 Å². The lowest BCUT2D eigenvalue weighted by Crippen LogP contribution is -2.29. The molecule has 0 radical (unpaired) electrons. The Balaban J connectivity index is 1.68. The van der Waals surface area contributed by atoms with Crippen LogP contribution in [0.5, 0.6) is 0 Å². The lowest BCUT2D eigenvalue weighted by molar-refractivity contribution is 0.428. The van der Waals surface area contributed by atoms with Gasteiger partial charge in [-0.05, 0) is 24.6 Å². The van der Waals surface area contributed by atoms with Crippen molar-refractivity contribution >= 4 is 21.1 Å². The van der Waals surface area contributed by atoms with E-state index in [0.717, 1.165) is 0 Å². The summed E-state index contributed by atoms with van der Waals surface area (Å²) in [6.07, 6.45) is 3.98. The molecule has 0 aliphatic carbocycles. The van der Waals surface area contributed by atoms with E-state index in [1.165, 1.54) is 27.1 Å². The molecule has 0 bridgehead atoms. The van der Waals surface area contributed by atoms with E-state index in [1.807, 2.05) is 0 Å². The maximum absolute atomic E-state index is 12.9. The summed E-state index contributed by atoms with van der Waals surface area (Å²) in [7, 11) is -2.10. The summed E-state index contributed by atoms with van der Waals surface area (Å²) in [6.45, 7) is 0.753. The molecule has 1 aromatic carbocycles. The molecule has 1 fully saturated rings. The molecule has 0 spiro atoms. The van der Waals surface area contributed by atoms with Gasteiger partial charge in [0.1, 0.15) is 0 Å². The molecule has 1 aliphatic rings. The number of aromatic nitrogens is 4. The van der Waals surface area contributed by atoms with Crippen molar-refractivity contribution in [2.24, 2.45) is 7.05 Å². The molecule has 126 valence electrons. The number of hydrogen-bond donors (Lipinski definition) is 0. The largest absolute Gasteiger partial charge is 0.419 e. The Morgan fingerprint density at radius 2 is 2.17 bits per heavy atom. The molecule has 1 saturated heterocycles. The summed E-state index contributed by atoms with van der Waals surface area (Å²) in [5.74, 6) is -0.521. The second kappa shape index (κ2) is 5.28. The van der Waals surface area contributed by atoms with E-state index in [0.29, 0.717) is 30.6 Å². The van der Waals surface area contributed by atoms with Crippen molar-refractivity contribution < 1.29 is 12.8 Å². The predicted molar refractivity (Wildman–Crippen MR) is 83.9 cm³/mol. The number of rotatable bonds is 3. The topological polar surface area (TPSA) is 103 Å². The normalized spacial score (nSPS) is 19.3. The predicted octanol–water partition coefficient (Wildman–Crippen LogP) is 0.359. The Labute approximate surface area is 137 Å². The highest BCUT2D eigenvalue weighted by Gasteiger charge is 2.34. The summed E-state index contributed by atoms with van der Waals surface area (Å²) in [6, 6.07) is 4.42. The second-order valence-corrected chi connectivity index (χ2v) is 7.68. The summed E-state index contributed by atoms with van der Waals surface area (Å²) in [5, 5.41) is 7.70. The molecule has 3 aromatic rings. The Bertz CT molecular complexity index is 1050. The van der Waals surface area contributed by atoms with E-state index in [4.69, 9.17) is 4.42 Å². The molecular formula is C14H15N5O4S. The van der Waals surface area contributed by atoms with Gasteiger partial charge in [0.25, 0.3) is 0 Å². The Kier molecular flexibility index (Phi) is 3.32. The lowest BCUT2D eigenvalue weighted by atomic mass is 10.3. The Hall–Kier alpha value is -2.46. The summed E-state index contributed by atoms with van der Waals surface area (Å²) < 4.78 is 35.2. The first-order valence-electron chi connectivity index (χ1n) is 7.42. The van der Waals surface area contributed by atoms with Gasteiger partial charge in [-0.25, -0.2) is 17.9 Å². The minimum Gasteiger partial charge on any atom is -0.408 e. The second-order valence-electron chi connectivity index (χ2n) is 5.75. The van der Waals surface area contributed by atoms with Gasteiger partial charge in [0.15, 0.2) is 5.58 Å². The first-order valence-corrected chi connectivity index (χ1v) is 8.86. The average Bonchev–Trinajstić information content (AvgIpc) is 3.28. The van der Waals surface area contributed by atoms with Crippen molar-refractivity contribution in [3.05, 3.63) is 41.1 Å². The molecule has 9 nitrogen and oxygen atoms in total. The molecule has 2 aromatic heterocycles. The Morgan fingerprint density at radius 1 is 1.33 bits per heavy atom. The van der Waals surface area contributed by atoms with E-state index >= 15 is 0 Å². The fraction of sp³-hybridized carbons (Fsp3) is 0.357. The first kappa shape index (κ1) is 15.1. The molecule has 3 heterocycles. The highest BCUT2D eigenvalue weighted by atomic mass is 32.2. The van der Waals surface area contributed by atoms with Crippen molar-refractivity contribution in [1.82, 2.24) is 23.9 Å². The van der Waals surface area contributed by atoms with Crippen LogP contribution in [0.2, 0.25) is 0 Å². The van der Waals surface area contributed by atoms with Gasteiger partial charge in [-0.15, -0.1) is 5.10 Å². The van der Waals surface area contributed by atoms with Crippen LogP contribution in [0.3, 0.4) is 0 Å². The maximum Gasteiger partial charge on any atom is 0.419 e. The molecule has 0 saturated carbocycles. The van der Waals surface area contributed by atoms with Crippen molar-refractivity contribution in [1.29, 1.82) is 0 Å². The van der Waals surface area contributed by atoms with E-state index < -0.39 is 15.8 Å². The number of fused-ring (bicyclic) bond motifs is 1. The first-order chi connectivity index (χ1) is 11.5. The van der Waals surface area contributed by atoms with Gasteiger partial charge in [-0.3, -0.25) is 4.57 Å². The summed E-state index contributed by atoms with van der Waals surface area (Å²) in [4.78, 5) is 11.7. The smallest absolute Gasteiger partial charge is 0.408 e. The van der Waals surface area contributed by atoms with Gasteiger partial charge in [0.05, 0.1) is 22.7 Å². The third-order valence-electron chi connectivity index (χ3n) is 4.34. The number of nitrogens with zero attached hydrogens (tertiary/aromatic N) is 5. The zero-order valence-electron chi connectivity index (χ0n) is 12.9. The number of oxazole rings is 1. The number of benzene rings is 1. The average molecular weight is 349 g/mol. The van der Waals surface area contributed by atoms with Crippen LogP contribution in [-0.4, -0.2) is 45.4 Å². The molecule has 1 unspecified atom stereocenters. The summed E-state index contributed by atoms with van der Waals surface area (Å²) in [5.41, 5.74) is 0.816. The molecule has 4 rings (SSSR count). The molecule has 24 heavy (non-hydrogen) atoms. The van der Waals surface area contributed by atoms with Gasteiger partial charge in [-0.1, -0.05) is 5.21 Å². The fourth-order valence-electron chi connectivity index (χ4n) is 2.97. The standard InChI is InChI=1S/C14H15N5O4S/c1-17-12-8-11(2-3-13(12)23-14(17)20)24(21,22)18-6-4-10(9-18)19-7-5-15-16-19/h2-3,5,7-8,10H,4,6,9H2,1H3. The lowest BCUT2D eigenvalue weighted by Gasteiger charge is -2.16. The van der Waals surface area contributed by atoms with Crippen LogP contribution in [0, 0.1) is 0 Å². The van der Waals surface area contributed by atoms with Gasteiger partial charge in [0.2, 0.25) is 10.0 Å². The number of hydrogen-bond acceptors (Lipinski definition) is 6. The number of sulfonamides is 1. The van der Waals surface area contributed by atoms with Gasteiger partial charge < -0.3 is 4.42 Å². The molecule has 0 amide bonds. The third kappa shape index (κ3) is 2.26. The van der Waals surface area contributed by atoms with Crippen LogP contribution in [0.15, 0.2) is 44.7 Å². The monoisotopic (exact) mass is 349 g/mol. The minimum atomic E-state index is -3.65. The van der Waals surface area contributed by atoms with E-state index in [-0.39, 0.29) is 10.9 Å². The van der Waals surface area contributed by atoms with Crippen molar-refractivity contribution in [3.8, 4) is 0 Å². The molecule has 1 atom stereocenters. The van der Waals surface area contributed by atoms with Crippen LogP contribution < -0.4 is 5.76 Å². The van der Waals surface area contributed by atoms with Gasteiger partial charge in [-0.2, -0.15) is 4.31 Å². The highest BCUT2D eigenvalue weighted by Crippen LogP contribution is 2.28. The van der Waals surface area contributed by atoms with E-state index in [9.17, 15) is 13.2 Å². The quantitative estimate of drug-likeness (QED) is 0.676. The molecule has 10 heteroatoms. The van der Waals surface area contributed by atoms with Crippen molar-refractivity contribution in [2.45, 2.75) is 17.4 Å². The van der Waals surface area contributed by atoms with Crippen LogP contribution in [0.1, 0.15) is 12.5 Å². The van der Waals surface area contributed by atoms with Crippen LogP contribution in [-0.2, 0) is 17.1 Å². The highest BCUT2D eigenvalue weighted by molar-refractivity contribution is 7.89. The van der Waals surface area contributed by atoms with E-state index in [2.05, 4.69) is 10.3 Å². The Morgan fingerprint density at radius 3 is 2.92 bits per heavy atom. The van der Waals surface area contributed by atoms with Crippen molar-refractivity contribution in [2.75, 3.05) is 13.1 Å². The zero-order valence-corrected chi connectivity index (χ0v) is 13.7. The van der Waals surface area contributed by atoms with Crippen LogP contribution in [0.4, 0.5) is 0 Å². The summed E-state index contributed by atoms with van der Waals surface area (Å²) >= 11 is 0. The SMILES string of the molecule is Cn1c(=O)oc2ccc(S(=O)(=O)N3CCC(n4ccnn4)C3)cc21. The van der Waals surface area contributed by atoms with E-state index in [1.54, 1.807) is 24.1 Å². The zero-order chi connectivity index (χ0) is 16.9.